The van der Waals surface area contributed by atoms with E-state index in [1.54, 1.807) is 13.0 Å². The number of carbonyl (C=O) groups excluding carboxylic acids is 2. The number of carbonyl (C=O) groups is 2. The van der Waals surface area contributed by atoms with Gasteiger partial charge in [-0.25, -0.2) is 22.0 Å². The third kappa shape index (κ3) is 6.35. The van der Waals surface area contributed by atoms with E-state index < -0.39 is 44.6 Å². The van der Waals surface area contributed by atoms with E-state index in [4.69, 9.17) is 9.88 Å². The Hall–Kier alpha value is -2.80. The summed E-state index contributed by atoms with van der Waals surface area (Å²) < 4.78 is 54.5. The standard InChI is InChI=1S/C18H21N3O7S2/c1-12-8-9-14(10-16(12)29(19,24)25)20-17(22)11-28-18(23)13(2)21-30(26,27)15-6-4-3-5-7-15/h3-10,13,21H,11H2,1-2H3,(H,20,22)(H2,19,24,25)/t13-/m0/s1. The molecule has 0 saturated heterocycles. The van der Waals surface area contributed by atoms with E-state index >= 15 is 0 Å². The fraction of sp³-hybridized carbons (Fsp3) is 0.222. The summed E-state index contributed by atoms with van der Waals surface area (Å²) in [7, 11) is -7.91. The first kappa shape index (κ1) is 23.5. The molecule has 2 aromatic rings. The van der Waals surface area contributed by atoms with Gasteiger partial charge in [-0.05, 0) is 43.7 Å². The molecule has 1 amide bonds. The number of amides is 1. The number of aryl methyl sites for hydroxylation is 1. The van der Waals surface area contributed by atoms with Crippen LogP contribution in [0.25, 0.3) is 0 Å². The van der Waals surface area contributed by atoms with Gasteiger partial charge in [0.2, 0.25) is 20.0 Å². The predicted molar refractivity (Wildman–Crippen MR) is 108 cm³/mol. The van der Waals surface area contributed by atoms with Crippen molar-refractivity contribution in [2.75, 3.05) is 11.9 Å². The lowest BCUT2D eigenvalue weighted by Gasteiger charge is -2.14. The SMILES string of the molecule is Cc1ccc(NC(=O)COC(=O)[C@H](C)NS(=O)(=O)c2ccccc2)cc1S(N)(=O)=O. The van der Waals surface area contributed by atoms with Crippen molar-refractivity contribution in [2.24, 2.45) is 5.14 Å². The molecule has 0 bridgehead atoms. The Labute approximate surface area is 174 Å². The lowest BCUT2D eigenvalue weighted by molar-refractivity contribution is -0.148. The minimum Gasteiger partial charge on any atom is -0.454 e. The molecular formula is C18H21N3O7S2. The quantitative estimate of drug-likeness (QED) is 0.488. The lowest BCUT2D eigenvalue weighted by atomic mass is 10.2. The molecule has 30 heavy (non-hydrogen) atoms. The van der Waals surface area contributed by atoms with Gasteiger partial charge in [0.05, 0.1) is 9.79 Å². The highest BCUT2D eigenvalue weighted by molar-refractivity contribution is 7.89. The zero-order chi connectivity index (χ0) is 22.5. The Bertz CT molecular complexity index is 1150. The second-order valence-electron chi connectivity index (χ2n) is 6.34. The van der Waals surface area contributed by atoms with E-state index in [9.17, 15) is 26.4 Å². The van der Waals surface area contributed by atoms with Crippen LogP contribution in [-0.2, 0) is 34.4 Å². The van der Waals surface area contributed by atoms with Crippen molar-refractivity contribution in [1.82, 2.24) is 4.72 Å². The molecule has 10 nitrogen and oxygen atoms in total. The number of hydrogen-bond acceptors (Lipinski definition) is 7. The van der Waals surface area contributed by atoms with Gasteiger partial charge in [-0.15, -0.1) is 0 Å². The molecule has 0 aliphatic heterocycles. The third-order valence-electron chi connectivity index (χ3n) is 3.86. The number of nitrogens with two attached hydrogens (primary N) is 1. The first-order valence-electron chi connectivity index (χ1n) is 8.57. The molecule has 0 heterocycles. The van der Waals surface area contributed by atoms with Gasteiger partial charge in [0.15, 0.2) is 6.61 Å². The van der Waals surface area contributed by atoms with Crippen molar-refractivity contribution >= 4 is 37.6 Å². The molecule has 0 unspecified atom stereocenters. The van der Waals surface area contributed by atoms with Crippen molar-refractivity contribution in [1.29, 1.82) is 0 Å². The van der Waals surface area contributed by atoms with Gasteiger partial charge in [0.1, 0.15) is 6.04 Å². The summed E-state index contributed by atoms with van der Waals surface area (Å²) >= 11 is 0. The second-order valence-corrected chi connectivity index (χ2v) is 9.58. The van der Waals surface area contributed by atoms with Gasteiger partial charge in [0, 0.05) is 5.69 Å². The first-order valence-corrected chi connectivity index (χ1v) is 11.6. The number of benzene rings is 2. The molecular weight excluding hydrogens is 434 g/mol. The summed E-state index contributed by atoms with van der Waals surface area (Å²) in [6.45, 7) is 2.12. The number of ether oxygens (including phenoxy) is 1. The van der Waals surface area contributed by atoms with Gasteiger partial charge < -0.3 is 10.1 Å². The molecule has 0 spiro atoms. The molecule has 162 valence electrons. The highest BCUT2D eigenvalue weighted by Crippen LogP contribution is 2.19. The molecule has 12 heteroatoms. The van der Waals surface area contributed by atoms with Crippen LogP contribution in [0.1, 0.15) is 12.5 Å². The Morgan fingerprint density at radius 2 is 1.70 bits per heavy atom. The number of nitrogens with one attached hydrogen (secondary N) is 2. The van der Waals surface area contributed by atoms with Crippen molar-refractivity contribution in [3.05, 3.63) is 54.1 Å². The second kappa shape index (κ2) is 9.34. The maximum atomic E-state index is 12.2. The molecule has 0 radical (unpaired) electrons. The fourth-order valence-electron chi connectivity index (χ4n) is 2.39. The topological polar surface area (TPSA) is 162 Å². The summed E-state index contributed by atoms with van der Waals surface area (Å²) in [6, 6.07) is 10.3. The van der Waals surface area contributed by atoms with E-state index in [2.05, 4.69) is 10.0 Å². The predicted octanol–water partition coefficient (Wildman–Crippen LogP) is 0.491. The molecule has 1 atom stereocenters. The molecule has 2 rings (SSSR count). The summed E-state index contributed by atoms with van der Waals surface area (Å²) in [4.78, 5) is 23.8. The van der Waals surface area contributed by atoms with Gasteiger partial charge in [-0.2, -0.15) is 4.72 Å². The van der Waals surface area contributed by atoms with Crippen LogP contribution < -0.4 is 15.2 Å². The Balaban J connectivity index is 1.94. The Morgan fingerprint density at radius 3 is 2.30 bits per heavy atom. The molecule has 0 fully saturated rings. The van der Waals surface area contributed by atoms with Gasteiger partial charge >= 0.3 is 5.97 Å². The monoisotopic (exact) mass is 455 g/mol. The minimum absolute atomic E-state index is 0.0209. The smallest absolute Gasteiger partial charge is 0.324 e. The van der Waals surface area contributed by atoms with Crippen LogP contribution in [0.3, 0.4) is 0 Å². The summed E-state index contributed by atoms with van der Waals surface area (Å²) in [5, 5.41) is 7.49. The zero-order valence-electron chi connectivity index (χ0n) is 16.2. The molecule has 2 aromatic carbocycles. The average molecular weight is 456 g/mol. The van der Waals surface area contributed by atoms with Crippen LogP contribution in [0.15, 0.2) is 58.3 Å². The van der Waals surface area contributed by atoms with Crippen LogP contribution >= 0.6 is 0 Å². The van der Waals surface area contributed by atoms with Crippen LogP contribution in [0.2, 0.25) is 0 Å². The van der Waals surface area contributed by atoms with Gasteiger partial charge in [-0.1, -0.05) is 24.3 Å². The lowest BCUT2D eigenvalue weighted by Crippen LogP contribution is -2.40. The molecule has 0 aliphatic carbocycles. The maximum absolute atomic E-state index is 12.2. The van der Waals surface area contributed by atoms with Crippen LogP contribution in [0, 0.1) is 6.92 Å². The normalized spacial score (nSPS) is 12.8. The van der Waals surface area contributed by atoms with Crippen LogP contribution in [-0.4, -0.2) is 41.4 Å². The van der Waals surface area contributed by atoms with E-state index in [1.165, 1.54) is 49.4 Å². The van der Waals surface area contributed by atoms with E-state index in [0.717, 1.165) is 0 Å². The summed E-state index contributed by atoms with van der Waals surface area (Å²) in [5.74, 6) is -1.70. The number of hydrogen-bond donors (Lipinski definition) is 3. The van der Waals surface area contributed by atoms with Crippen molar-refractivity contribution in [2.45, 2.75) is 29.7 Å². The zero-order valence-corrected chi connectivity index (χ0v) is 17.8. The summed E-state index contributed by atoms with van der Waals surface area (Å²) in [5.41, 5.74) is 0.546. The van der Waals surface area contributed by atoms with E-state index in [1.807, 2.05) is 0 Å². The number of esters is 1. The molecule has 0 saturated carbocycles. The maximum Gasteiger partial charge on any atom is 0.324 e. The highest BCUT2D eigenvalue weighted by Gasteiger charge is 2.23. The molecule has 0 aromatic heterocycles. The van der Waals surface area contributed by atoms with Crippen molar-refractivity contribution < 1.29 is 31.2 Å². The van der Waals surface area contributed by atoms with E-state index in [0.29, 0.717) is 5.56 Å². The largest absolute Gasteiger partial charge is 0.454 e. The number of rotatable bonds is 8. The van der Waals surface area contributed by atoms with Crippen LogP contribution in [0.4, 0.5) is 5.69 Å². The molecule has 4 N–H and O–H groups in total. The van der Waals surface area contributed by atoms with E-state index in [-0.39, 0.29) is 15.5 Å². The Morgan fingerprint density at radius 1 is 1.07 bits per heavy atom. The fourth-order valence-corrected chi connectivity index (χ4v) is 4.41. The third-order valence-corrected chi connectivity index (χ3v) is 6.47. The van der Waals surface area contributed by atoms with Crippen molar-refractivity contribution in [3.8, 4) is 0 Å². The minimum atomic E-state index is -3.97. The number of primary sulfonamides is 1. The van der Waals surface area contributed by atoms with Gasteiger partial charge in [0.25, 0.3) is 5.91 Å². The first-order chi connectivity index (χ1) is 13.9. The summed E-state index contributed by atoms with van der Waals surface area (Å²) in [6.07, 6.45) is 0. The average Bonchev–Trinajstić information content (AvgIpc) is 2.67. The van der Waals surface area contributed by atoms with Crippen LogP contribution in [0.5, 0.6) is 0 Å². The number of anilines is 1. The molecule has 0 aliphatic rings. The highest BCUT2D eigenvalue weighted by atomic mass is 32.2. The number of sulfonamides is 2. The van der Waals surface area contributed by atoms with Gasteiger partial charge in [-0.3, -0.25) is 9.59 Å². The Kier molecular flexibility index (Phi) is 7.31. The van der Waals surface area contributed by atoms with Crippen molar-refractivity contribution in [3.63, 3.8) is 0 Å².